The van der Waals surface area contributed by atoms with E-state index in [9.17, 15) is 4.79 Å². The molecule has 1 saturated heterocycles. The average Bonchev–Trinajstić information content (AvgIpc) is 2.19. The quantitative estimate of drug-likeness (QED) is 0.413. The molecule has 1 amide bonds. The molecule has 1 rings (SSSR count). The van der Waals surface area contributed by atoms with Crippen LogP contribution in [0.25, 0.3) is 0 Å². The van der Waals surface area contributed by atoms with Crippen molar-refractivity contribution in [2.45, 2.75) is 25.3 Å². The molecule has 0 spiro atoms. The number of likely N-dealkylation sites (tertiary alicyclic amines) is 1. The lowest BCUT2D eigenvalue weighted by molar-refractivity contribution is -0.131. The van der Waals surface area contributed by atoms with Gasteiger partial charge in [0.25, 0.3) is 0 Å². The molecule has 1 heterocycles. The Labute approximate surface area is 90.8 Å². The summed E-state index contributed by atoms with van der Waals surface area (Å²) in [5, 5.41) is 3.64. The van der Waals surface area contributed by atoms with E-state index in [0.717, 1.165) is 25.9 Å². The van der Waals surface area contributed by atoms with Crippen LogP contribution >= 0.6 is 0 Å². The highest BCUT2D eigenvalue weighted by Crippen LogP contribution is 2.11. The minimum absolute atomic E-state index is 0. The van der Waals surface area contributed by atoms with Crippen LogP contribution in [-0.2, 0) is 4.79 Å². The second kappa shape index (κ2) is 7.00. The summed E-state index contributed by atoms with van der Waals surface area (Å²) < 4.78 is 0. The van der Waals surface area contributed by atoms with Gasteiger partial charge in [-0.3, -0.25) is 4.79 Å². The van der Waals surface area contributed by atoms with Crippen molar-refractivity contribution in [3.63, 3.8) is 0 Å². The number of nitrogens with zero attached hydrogens (tertiary/aromatic N) is 2. The fourth-order valence-electron chi connectivity index (χ4n) is 1.69. The summed E-state index contributed by atoms with van der Waals surface area (Å²) in [5.74, 6) is 0.149. The number of carbonyl (C=O) groups excluding carboxylic acids is 1. The van der Waals surface area contributed by atoms with Crippen molar-refractivity contribution in [3.8, 4) is 0 Å². The molecule has 86 valence electrons. The fraction of sp³-hybridized carbons (Fsp3) is 0.600. The zero-order valence-electron chi connectivity index (χ0n) is 9.11. The van der Waals surface area contributed by atoms with Crippen LogP contribution in [-0.4, -0.2) is 36.7 Å². The molecular weight excluding hydrogens is 192 g/mol. The van der Waals surface area contributed by atoms with E-state index in [1.54, 1.807) is 6.08 Å². The maximum absolute atomic E-state index is 11.5. The first kappa shape index (κ1) is 13.6. The maximum Gasteiger partial charge on any atom is 0.226 e. The van der Waals surface area contributed by atoms with E-state index in [4.69, 9.17) is 0 Å². The Hall–Kier alpha value is -1.36. The summed E-state index contributed by atoms with van der Waals surface area (Å²) in [4.78, 5) is 13.4. The molecule has 1 aliphatic rings. The molecule has 0 unspecified atom stereocenters. The van der Waals surface area contributed by atoms with Gasteiger partial charge in [-0.15, -0.1) is 6.58 Å². The number of nitrogens with one attached hydrogen (secondary N) is 1. The highest BCUT2D eigenvalue weighted by molar-refractivity contribution is 5.77. The number of hydrazone groups is 1. The molecule has 0 aliphatic carbocycles. The van der Waals surface area contributed by atoms with Gasteiger partial charge in [-0.05, 0) is 12.8 Å². The van der Waals surface area contributed by atoms with Gasteiger partial charge >= 0.3 is 0 Å². The van der Waals surface area contributed by atoms with Gasteiger partial charge in [-0.25, -0.2) is 0 Å². The Morgan fingerprint density at radius 3 is 3.00 bits per heavy atom. The van der Waals surface area contributed by atoms with Crippen LogP contribution in [0.15, 0.2) is 17.8 Å². The molecule has 15 heavy (non-hydrogen) atoms. The van der Waals surface area contributed by atoms with Crippen molar-refractivity contribution in [2.75, 3.05) is 13.1 Å². The minimum atomic E-state index is 0. The van der Waals surface area contributed by atoms with Crippen molar-refractivity contribution in [1.29, 1.82) is 0 Å². The predicted octanol–water partition coefficient (Wildman–Crippen LogP) is 0.921. The highest BCUT2D eigenvalue weighted by Gasteiger charge is 2.22. The second-order valence-corrected chi connectivity index (χ2v) is 3.46. The van der Waals surface area contributed by atoms with Crippen LogP contribution in [0.3, 0.4) is 0 Å². The number of carbonyl (C=O) groups is 1. The molecule has 0 aromatic heterocycles. The van der Waals surface area contributed by atoms with Gasteiger partial charge in [0.2, 0.25) is 5.91 Å². The molecule has 0 aromatic rings. The van der Waals surface area contributed by atoms with Gasteiger partial charge in [0, 0.05) is 26.2 Å². The first-order chi connectivity index (χ1) is 6.77. The number of amides is 1. The zero-order valence-corrected chi connectivity index (χ0v) is 9.11. The Morgan fingerprint density at radius 2 is 2.40 bits per heavy atom. The van der Waals surface area contributed by atoms with E-state index in [1.807, 2.05) is 4.90 Å². The molecule has 1 atom stereocenters. The SMILES string of the molecule is C=CCC(=O)N1CCC[C@@H](NN=C)C1.N. The van der Waals surface area contributed by atoms with Gasteiger partial charge in [0.05, 0.1) is 6.04 Å². The molecule has 0 saturated carbocycles. The Kier molecular flexibility index (Phi) is 6.37. The third-order valence-electron chi connectivity index (χ3n) is 2.37. The summed E-state index contributed by atoms with van der Waals surface area (Å²) in [6.07, 6.45) is 4.15. The van der Waals surface area contributed by atoms with Crippen LogP contribution < -0.4 is 11.6 Å². The lowest BCUT2D eigenvalue weighted by Gasteiger charge is -2.32. The van der Waals surface area contributed by atoms with Crippen molar-refractivity contribution < 1.29 is 4.79 Å². The standard InChI is InChI=1S/C10H17N3O.H3N/c1-3-5-10(14)13-7-4-6-9(8-13)12-11-2;/h3,9,12H,1-2,4-8H2;1H3/t9-;/m1./s1. The average molecular weight is 212 g/mol. The van der Waals surface area contributed by atoms with E-state index in [-0.39, 0.29) is 18.1 Å². The molecule has 1 aliphatic heterocycles. The minimum Gasteiger partial charge on any atom is -0.344 e. The highest BCUT2D eigenvalue weighted by atomic mass is 16.2. The molecule has 4 N–H and O–H groups in total. The van der Waals surface area contributed by atoms with Gasteiger partial charge < -0.3 is 16.5 Å². The molecule has 5 nitrogen and oxygen atoms in total. The first-order valence-electron chi connectivity index (χ1n) is 4.88. The smallest absolute Gasteiger partial charge is 0.226 e. The second-order valence-electron chi connectivity index (χ2n) is 3.46. The molecular formula is C10H20N4O. The summed E-state index contributed by atoms with van der Waals surface area (Å²) in [5.41, 5.74) is 2.91. The summed E-state index contributed by atoms with van der Waals surface area (Å²) in [6.45, 7) is 8.52. The summed E-state index contributed by atoms with van der Waals surface area (Å²) in [7, 11) is 0. The monoisotopic (exact) mass is 212 g/mol. The molecule has 0 bridgehead atoms. The van der Waals surface area contributed by atoms with Crippen molar-refractivity contribution in [3.05, 3.63) is 12.7 Å². The normalized spacial score (nSPS) is 20.0. The topological polar surface area (TPSA) is 79.7 Å². The third-order valence-corrected chi connectivity index (χ3v) is 2.37. The van der Waals surface area contributed by atoms with E-state index >= 15 is 0 Å². The fourth-order valence-corrected chi connectivity index (χ4v) is 1.69. The zero-order chi connectivity index (χ0) is 10.4. The lowest BCUT2D eigenvalue weighted by atomic mass is 10.1. The largest absolute Gasteiger partial charge is 0.344 e. The molecule has 5 heteroatoms. The summed E-state index contributed by atoms with van der Waals surface area (Å²) in [6, 6.07) is 0.259. The maximum atomic E-state index is 11.5. The Bertz CT molecular complexity index is 229. The Balaban J connectivity index is 0.00000196. The van der Waals surface area contributed by atoms with Gasteiger partial charge in [0.1, 0.15) is 0 Å². The van der Waals surface area contributed by atoms with Crippen LogP contribution in [0.5, 0.6) is 0 Å². The number of hydrogen-bond acceptors (Lipinski definition) is 4. The van der Waals surface area contributed by atoms with E-state index in [0.29, 0.717) is 6.42 Å². The van der Waals surface area contributed by atoms with Crippen LogP contribution in [0.2, 0.25) is 0 Å². The van der Waals surface area contributed by atoms with E-state index < -0.39 is 0 Å². The predicted molar refractivity (Wildman–Crippen MR) is 62.1 cm³/mol. The van der Waals surface area contributed by atoms with Gasteiger partial charge in [-0.1, -0.05) is 6.08 Å². The molecule has 0 aromatic carbocycles. The Morgan fingerprint density at radius 1 is 1.67 bits per heavy atom. The van der Waals surface area contributed by atoms with Crippen LogP contribution in [0.4, 0.5) is 0 Å². The number of rotatable bonds is 4. The number of piperidine rings is 1. The lowest BCUT2D eigenvalue weighted by Crippen LogP contribution is -2.46. The van der Waals surface area contributed by atoms with Crippen LogP contribution in [0, 0.1) is 0 Å². The van der Waals surface area contributed by atoms with E-state index in [1.165, 1.54) is 0 Å². The van der Waals surface area contributed by atoms with Crippen molar-refractivity contribution in [2.24, 2.45) is 5.10 Å². The molecule has 0 radical (unpaired) electrons. The van der Waals surface area contributed by atoms with Crippen LogP contribution in [0.1, 0.15) is 19.3 Å². The van der Waals surface area contributed by atoms with Crippen molar-refractivity contribution >= 4 is 12.6 Å². The van der Waals surface area contributed by atoms with Gasteiger partial charge in [-0.2, -0.15) is 5.10 Å². The summed E-state index contributed by atoms with van der Waals surface area (Å²) >= 11 is 0. The van der Waals surface area contributed by atoms with Gasteiger partial charge in [0.15, 0.2) is 0 Å². The van der Waals surface area contributed by atoms with E-state index in [2.05, 4.69) is 23.8 Å². The number of hydrogen-bond donors (Lipinski definition) is 2. The third kappa shape index (κ3) is 4.12. The first-order valence-corrected chi connectivity index (χ1v) is 4.88. The molecule has 1 fully saturated rings. The van der Waals surface area contributed by atoms with Crippen molar-refractivity contribution in [1.82, 2.24) is 16.5 Å².